The van der Waals surface area contributed by atoms with E-state index >= 15 is 0 Å². The molecule has 0 bridgehead atoms. The Labute approximate surface area is 89.7 Å². The summed E-state index contributed by atoms with van der Waals surface area (Å²) in [5.41, 5.74) is -0.859. The van der Waals surface area contributed by atoms with Gasteiger partial charge in [0.25, 0.3) is 11.9 Å². The van der Waals surface area contributed by atoms with Gasteiger partial charge in [-0.1, -0.05) is 0 Å². The van der Waals surface area contributed by atoms with E-state index in [1.54, 1.807) is 0 Å². The topological polar surface area (TPSA) is 24.9 Å². The van der Waals surface area contributed by atoms with Crippen LogP contribution in [0, 0.1) is 35.9 Å². The Morgan fingerprint density at radius 2 is 1.69 bits per heavy atom. The fraction of sp³-hybridized carbons (Fsp3) is 0.300. The second-order valence-corrected chi connectivity index (χ2v) is 2.93. The molecule has 0 atom stereocenters. The third-order valence-corrected chi connectivity index (χ3v) is 1.80. The van der Waals surface area contributed by atoms with Crippen LogP contribution in [-0.4, -0.2) is 11.5 Å². The molecule has 0 aliphatic heterocycles. The van der Waals surface area contributed by atoms with Crippen LogP contribution >= 0.6 is 0 Å². The highest BCUT2D eigenvalue weighted by Gasteiger charge is 2.19. The number of nitrogens with one attached hydrogen (secondary N) is 1. The lowest BCUT2D eigenvalue weighted by atomic mass is 10.3. The maximum Gasteiger partial charge on any atom is 0.253 e. The molecule has 2 nitrogen and oxygen atoms in total. The highest BCUT2D eigenvalue weighted by Crippen LogP contribution is 2.21. The summed E-state index contributed by atoms with van der Waals surface area (Å²) in [4.78, 5) is 2.42. The molecule has 0 unspecified atom stereocenters. The lowest BCUT2D eigenvalue weighted by molar-refractivity contribution is 0.410. The summed E-state index contributed by atoms with van der Waals surface area (Å²) in [6, 6.07) is 0. The minimum Gasteiger partial charge on any atom is -0.380 e. The molecule has 6 heteroatoms. The maximum atomic E-state index is 13.0. The largest absolute Gasteiger partial charge is 0.380 e. The highest BCUT2D eigenvalue weighted by atomic mass is 19.2. The van der Waals surface area contributed by atoms with Gasteiger partial charge in [-0.25, -0.2) is 0 Å². The average Bonchev–Trinajstić information content (AvgIpc) is 2.25. The number of nitrogens with zero attached hydrogens (tertiary/aromatic N) is 1. The van der Waals surface area contributed by atoms with Gasteiger partial charge in [-0.15, -0.1) is 12.3 Å². The summed E-state index contributed by atoms with van der Waals surface area (Å²) in [6.45, 7) is 0.112. The first kappa shape index (κ1) is 12.3. The molecule has 0 aromatic carbocycles. The van der Waals surface area contributed by atoms with Crippen LogP contribution in [0.2, 0.25) is 0 Å². The second kappa shape index (κ2) is 5.35. The molecule has 1 heterocycles. The van der Waals surface area contributed by atoms with Crippen molar-refractivity contribution in [2.75, 3.05) is 11.9 Å². The number of unbranched alkanes of at least 4 members (excludes halogenated alkanes) is 1. The Balaban J connectivity index is 2.83. The van der Waals surface area contributed by atoms with E-state index in [1.807, 2.05) is 0 Å². The molecular weight excluding hydrogens is 224 g/mol. The van der Waals surface area contributed by atoms with Crippen LogP contribution in [0.25, 0.3) is 0 Å². The van der Waals surface area contributed by atoms with Crippen molar-refractivity contribution in [2.45, 2.75) is 12.8 Å². The van der Waals surface area contributed by atoms with Gasteiger partial charge in [0.2, 0.25) is 11.6 Å². The van der Waals surface area contributed by atoms with Crippen molar-refractivity contribution in [3.8, 4) is 12.3 Å². The SMILES string of the molecule is C#CCCCNc1c(F)c(F)nc(F)c1F. The van der Waals surface area contributed by atoms with Crippen molar-refractivity contribution in [3.63, 3.8) is 0 Å². The number of anilines is 1. The lowest BCUT2D eigenvalue weighted by Gasteiger charge is -2.08. The second-order valence-electron chi connectivity index (χ2n) is 2.93. The van der Waals surface area contributed by atoms with Crippen LogP contribution in [-0.2, 0) is 0 Å². The summed E-state index contributed by atoms with van der Waals surface area (Å²) >= 11 is 0. The molecule has 0 aliphatic carbocycles. The smallest absolute Gasteiger partial charge is 0.253 e. The van der Waals surface area contributed by atoms with Crippen LogP contribution in [0.4, 0.5) is 23.2 Å². The number of terminal acetylenes is 1. The number of aromatic nitrogens is 1. The molecule has 0 spiro atoms. The number of rotatable bonds is 4. The van der Waals surface area contributed by atoms with Crippen molar-refractivity contribution in [2.24, 2.45) is 0 Å². The van der Waals surface area contributed by atoms with Gasteiger partial charge < -0.3 is 5.32 Å². The van der Waals surface area contributed by atoms with Crippen molar-refractivity contribution < 1.29 is 17.6 Å². The highest BCUT2D eigenvalue weighted by molar-refractivity contribution is 5.45. The van der Waals surface area contributed by atoms with Crippen LogP contribution in [0.1, 0.15) is 12.8 Å². The van der Waals surface area contributed by atoms with Gasteiger partial charge in [0.15, 0.2) is 0 Å². The van der Waals surface area contributed by atoms with Crippen LogP contribution < -0.4 is 5.32 Å². The molecule has 1 aromatic rings. The van der Waals surface area contributed by atoms with E-state index in [2.05, 4.69) is 16.2 Å². The Hall–Kier alpha value is -1.77. The van der Waals surface area contributed by atoms with Gasteiger partial charge >= 0.3 is 0 Å². The number of halogens is 4. The minimum absolute atomic E-state index is 0.112. The Bertz CT molecular complexity index is 400. The number of hydrogen-bond acceptors (Lipinski definition) is 2. The fourth-order valence-corrected chi connectivity index (χ4v) is 1.05. The van der Waals surface area contributed by atoms with Gasteiger partial charge in [0.05, 0.1) is 0 Å². The first-order valence-electron chi connectivity index (χ1n) is 4.45. The molecule has 0 fully saturated rings. The molecule has 0 saturated carbocycles. The van der Waals surface area contributed by atoms with Gasteiger partial charge in [-0.05, 0) is 6.42 Å². The van der Waals surface area contributed by atoms with Crippen molar-refractivity contribution >= 4 is 5.69 Å². The Morgan fingerprint density at radius 1 is 1.12 bits per heavy atom. The molecule has 1 aromatic heterocycles. The Kier molecular flexibility index (Phi) is 4.11. The monoisotopic (exact) mass is 232 g/mol. The van der Waals surface area contributed by atoms with Crippen LogP contribution in [0.5, 0.6) is 0 Å². The number of hydrogen-bond donors (Lipinski definition) is 1. The third kappa shape index (κ3) is 2.63. The van der Waals surface area contributed by atoms with E-state index in [4.69, 9.17) is 6.42 Å². The first-order chi connectivity index (χ1) is 7.57. The van der Waals surface area contributed by atoms with E-state index in [0.29, 0.717) is 12.8 Å². The van der Waals surface area contributed by atoms with Crippen molar-refractivity contribution in [1.29, 1.82) is 0 Å². The van der Waals surface area contributed by atoms with E-state index in [1.165, 1.54) is 0 Å². The van der Waals surface area contributed by atoms with E-state index < -0.39 is 29.2 Å². The van der Waals surface area contributed by atoms with Gasteiger partial charge in [-0.3, -0.25) is 0 Å². The zero-order valence-electron chi connectivity index (χ0n) is 8.16. The first-order valence-corrected chi connectivity index (χ1v) is 4.45. The molecule has 1 rings (SSSR count). The van der Waals surface area contributed by atoms with Crippen LogP contribution in [0.15, 0.2) is 0 Å². The predicted octanol–water partition coefficient (Wildman–Crippen LogP) is 2.46. The molecular formula is C10H8F4N2. The molecule has 86 valence electrons. The van der Waals surface area contributed by atoms with E-state index in [-0.39, 0.29) is 6.54 Å². The lowest BCUT2D eigenvalue weighted by Crippen LogP contribution is -2.10. The van der Waals surface area contributed by atoms with Crippen LogP contribution in [0.3, 0.4) is 0 Å². The quantitative estimate of drug-likeness (QED) is 0.373. The normalized spacial score (nSPS) is 9.94. The fourth-order valence-electron chi connectivity index (χ4n) is 1.05. The summed E-state index contributed by atoms with van der Waals surface area (Å²) in [7, 11) is 0. The maximum absolute atomic E-state index is 13.0. The molecule has 0 saturated heterocycles. The summed E-state index contributed by atoms with van der Waals surface area (Å²) in [5.74, 6) is -4.13. The molecule has 0 radical (unpaired) electrons. The molecule has 1 N–H and O–H groups in total. The van der Waals surface area contributed by atoms with Crippen molar-refractivity contribution in [3.05, 3.63) is 23.5 Å². The van der Waals surface area contributed by atoms with Crippen molar-refractivity contribution in [1.82, 2.24) is 4.98 Å². The average molecular weight is 232 g/mol. The molecule has 0 amide bonds. The number of pyridine rings is 1. The predicted molar refractivity (Wildman–Crippen MR) is 50.6 cm³/mol. The third-order valence-electron chi connectivity index (χ3n) is 1.80. The zero-order valence-corrected chi connectivity index (χ0v) is 8.16. The minimum atomic E-state index is -1.68. The molecule has 16 heavy (non-hydrogen) atoms. The van der Waals surface area contributed by atoms with E-state index in [0.717, 1.165) is 0 Å². The summed E-state index contributed by atoms with van der Waals surface area (Å²) in [6.07, 6.45) is 5.79. The van der Waals surface area contributed by atoms with E-state index in [9.17, 15) is 17.6 Å². The van der Waals surface area contributed by atoms with Gasteiger partial charge in [0.1, 0.15) is 5.69 Å². The molecule has 0 aliphatic rings. The van der Waals surface area contributed by atoms with Gasteiger partial charge in [0, 0.05) is 13.0 Å². The Morgan fingerprint density at radius 3 is 2.19 bits per heavy atom. The summed E-state index contributed by atoms with van der Waals surface area (Å²) in [5, 5.41) is 2.23. The summed E-state index contributed by atoms with van der Waals surface area (Å²) < 4.78 is 51.3. The standard InChI is InChI=1S/C10H8F4N2/c1-2-3-4-5-15-8-6(11)9(13)16-10(14)7(8)12/h1H,3-5H2,(H,15,16). The zero-order chi connectivity index (χ0) is 12.1. The van der Waals surface area contributed by atoms with Gasteiger partial charge in [-0.2, -0.15) is 22.5 Å².